The highest BCUT2D eigenvalue weighted by Gasteiger charge is 2.28. The molecule has 2 fully saturated rings. The van der Waals surface area contributed by atoms with Gasteiger partial charge >= 0.3 is 5.69 Å². The highest BCUT2D eigenvalue weighted by molar-refractivity contribution is 5.76. The number of aryl methyl sites for hydroxylation is 1. The van der Waals surface area contributed by atoms with Gasteiger partial charge in [0.1, 0.15) is 0 Å². The summed E-state index contributed by atoms with van der Waals surface area (Å²) in [6.45, 7) is 6.55. The second-order valence-corrected chi connectivity index (χ2v) is 6.73. The minimum Gasteiger partial charge on any atom is -0.315 e. The number of hydrogen-bond acceptors (Lipinski definition) is 3. The number of nitrogens with zero attached hydrogens (tertiary/aromatic N) is 2. The molecule has 0 spiro atoms. The second kappa shape index (κ2) is 5.56. The Morgan fingerprint density at radius 2 is 1.95 bits per heavy atom. The van der Waals surface area contributed by atoms with Crippen LogP contribution in [0.15, 0.2) is 23.0 Å². The van der Waals surface area contributed by atoms with E-state index in [2.05, 4.69) is 34.3 Å². The molecule has 0 unspecified atom stereocenters. The standard InChI is InChI=1S/C17H24N4O/c1-12-2-3-15-16(10-12)21(17(22)19-15)13-5-8-20(9-6-13)14-4-7-18-11-14/h2-3,10,13-14,18H,4-9,11H2,1H3,(H,19,22)/t14-/m0/s1. The zero-order valence-electron chi connectivity index (χ0n) is 13.1. The fourth-order valence-corrected chi connectivity index (χ4v) is 4.05. The lowest BCUT2D eigenvalue weighted by atomic mass is 10.0. The molecule has 5 nitrogen and oxygen atoms in total. The third-order valence-electron chi connectivity index (χ3n) is 5.29. The molecule has 2 aliphatic heterocycles. The van der Waals surface area contributed by atoms with Gasteiger partial charge in [0.15, 0.2) is 0 Å². The largest absolute Gasteiger partial charge is 0.326 e. The van der Waals surface area contributed by atoms with Crippen molar-refractivity contribution in [2.45, 2.75) is 38.3 Å². The molecule has 0 amide bonds. The lowest BCUT2D eigenvalue weighted by Gasteiger charge is -2.36. The van der Waals surface area contributed by atoms with E-state index in [1.807, 2.05) is 10.6 Å². The van der Waals surface area contributed by atoms with E-state index >= 15 is 0 Å². The van der Waals surface area contributed by atoms with Crippen molar-refractivity contribution in [3.8, 4) is 0 Å². The summed E-state index contributed by atoms with van der Waals surface area (Å²) in [6, 6.07) is 7.22. The maximum Gasteiger partial charge on any atom is 0.326 e. The van der Waals surface area contributed by atoms with E-state index in [-0.39, 0.29) is 5.69 Å². The van der Waals surface area contributed by atoms with Gasteiger partial charge in [0.25, 0.3) is 0 Å². The summed E-state index contributed by atoms with van der Waals surface area (Å²) in [5.74, 6) is 0. The third-order valence-corrected chi connectivity index (χ3v) is 5.29. The van der Waals surface area contributed by atoms with E-state index in [9.17, 15) is 4.79 Å². The van der Waals surface area contributed by atoms with E-state index in [0.29, 0.717) is 12.1 Å². The second-order valence-electron chi connectivity index (χ2n) is 6.73. The molecule has 2 aromatic rings. The fourth-order valence-electron chi connectivity index (χ4n) is 4.05. The Balaban J connectivity index is 1.57. The summed E-state index contributed by atoms with van der Waals surface area (Å²) in [7, 11) is 0. The van der Waals surface area contributed by atoms with Crippen LogP contribution in [0.2, 0.25) is 0 Å². The molecule has 1 aromatic heterocycles. The topological polar surface area (TPSA) is 53.1 Å². The molecule has 0 bridgehead atoms. The van der Waals surface area contributed by atoms with Gasteiger partial charge in [-0.25, -0.2) is 4.79 Å². The maximum absolute atomic E-state index is 12.4. The van der Waals surface area contributed by atoms with Crippen LogP contribution >= 0.6 is 0 Å². The monoisotopic (exact) mass is 300 g/mol. The SMILES string of the molecule is Cc1ccc2[nH]c(=O)n(C3CCN([C@H]4CCNC4)CC3)c2c1. The molecule has 1 aromatic carbocycles. The molecule has 3 heterocycles. The molecule has 2 saturated heterocycles. The minimum atomic E-state index is 0.0431. The van der Waals surface area contributed by atoms with Crippen molar-refractivity contribution in [3.63, 3.8) is 0 Å². The van der Waals surface area contributed by atoms with Gasteiger partial charge in [0, 0.05) is 31.7 Å². The van der Waals surface area contributed by atoms with Gasteiger partial charge in [0.05, 0.1) is 11.0 Å². The van der Waals surface area contributed by atoms with Crippen LogP contribution in [-0.2, 0) is 0 Å². The highest BCUT2D eigenvalue weighted by Crippen LogP contribution is 2.27. The van der Waals surface area contributed by atoms with E-state index < -0.39 is 0 Å². The molecular formula is C17H24N4O. The Bertz CT molecular complexity index is 718. The Kier molecular flexibility index (Phi) is 3.54. The quantitative estimate of drug-likeness (QED) is 0.886. The van der Waals surface area contributed by atoms with Crippen molar-refractivity contribution in [3.05, 3.63) is 34.2 Å². The number of likely N-dealkylation sites (tertiary alicyclic amines) is 1. The van der Waals surface area contributed by atoms with Crippen molar-refractivity contribution >= 4 is 11.0 Å². The molecule has 0 saturated carbocycles. The maximum atomic E-state index is 12.4. The van der Waals surface area contributed by atoms with Crippen molar-refractivity contribution in [1.29, 1.82) is 0 Å². The highest BCUT2D eigenvalue weighted by atomic mass is 16.1. The number of hydrogen-bond donors (Lipinski definition) is 2. The molecule has 2 aliphatic rings. The molecule has 4 rings (SSSR count). The van der Waals surface area contributed by atoms with Crippen LogP contribution in [0, 0.1) is 6.92 Å². The van der Waals surface area contributed by atoms with Crippen LogP contribution < -0.4 is 11.0 Å². The van der Waals surface area contributed by atoms with Gasteiger partial charge in [-0.15, -0.1) is 0 Å². The summed E-state index contributed by atoms with van der Waals surface area (Å²) in [4.78, 5) is 18.0. The van der Waals surface area contributed by atoms with Gasteiger partial charge in [0.2, 0.25) is 0 Å². The third kappa shape index (κ3) is 2.38. The van der Waals surface area contributed by atoms with Crippen molar-refractivity contribution < 1.29 is 0 Å². The van der Waals surface area contributed by atoms with Crippen molar-refractivity contribution in [1.82, 2.24) is 19.8 Å². The van der Waals surface area contributed by atoms with Crippen LogP contribution in [0.1, 0.15) is 30.9 Å². The first-order valence-corrected chi connectivity index (χ1v) is 8.38. The van der Waals surface area contributed by atoms with Gasteiger partial charge in [-0.05, 0) is 50.4 Å². The first-order valence-electron chi connectivity index (χ1n) is 8.38. The number of benzene rings is 1. The number of rotatable bonds is 2. The average Bonchev–Trinajstić information content (AvgIpc) is 3.14. The lowest BCUT2D eigenvalue weighted by molar-refractivity contribution is 0.143. The number of aromatic amines is 1. The fraction of sp³-hybridized carbons (Fsp3) is 0.588. The number of piperidine rings is 1. The minimum absolute atomic E-state index is 0.0431. The van der Waals surface area contributed by atoms with Crippen LogP contribution in [0.5, 0.6) is 0 Å². The van der Waals surface area contributed by atoms with Crippen LogP contribution in [0.3, 0.4) is 0 Å². The van der Waals surface area contributed by atoms with Gasteiger partial charge < -0.3 is 10.3 Å². The molecule has 22 heavy (non-hydrogen) atoms. The Labute approximate surface area is 130 Å². The first kappa shape index (κ1) is 14.0. The van der Waals surface area contributed by atoms with Gasteiger partial charge in [-0.3, -0.25) is 9.47 Å². The van der Waals surface area contributed by atoms with Crippen LogP contribution in [-0.4, -0.2) is 46.7 Å². The van der Waals surface area contributed by atoms with E-state index in [4.69, 9.17) is 0 Å². The smallest absolute Gasteiger partial charge is 0.315 e. The summed E-state index contributed by atoms with van der Waals surface area (Å²) in [6.07, 6.45) is 3.39. The predicted molar refractivity (Wildman–Crippen MR) is 88.4 cm³/mol. The van der Waals surface area contributed by atoms with E-state index in [1.165, 1.54) is 12.0 Å². The Hall–Kier alpha value is -1.59. The summed E-state index contributed by atoms with van der Waals surface area (Å²) in [5, 5.41) is 3.45. The number of aromatic nitrogens is 2. The number of H-pyrrole nitrogens is 1. The zero-order chi connectivity index (χ0) is 15.1. The molecule has 1 atom stereocenters. The van der Waals surface area contributed by atoms with Crippen LogP contribution in [0.4, 0.5) is 0 Å². The number of imidazole rings is 1. The normalized spacial score (nSPS) is 24.3. The summed E-state index contributed by atoms with van der Waals surface area (Å²) >= 11 is 0. The number of nitrogens with one attached hydrogen (secondary N) is 2. The van der Waals surface area contributed by atoms with Crippen molar-refractivity contribution in [2.24, 2.45) is 0 Å². The summed E-state index contributed by atoms with van der Waals surface area (Å²) in [5.41, 5.74) is 3.26. The Morgan fingerprint density at radius 3 is 2.68 bits per heavy atom. The summed E-state index contributed by atoms with van der Waals surface area (Å²) < 4.78 is 1.99. The first-order chi connectivity index (χ1) is 10.7. The molecule has 0 radical (unpaired) electrons. The van der Waals surface area contributed by atoms with E-state index in [0.717, 1.165) is 50.1 Å². The van der Waals surface area contributed by atoms with Crippen LogP contribution in [0.25, 0.3) is 11.0 Å². The molecule has 0 aliphatic carbocycles. The number of fused-ring (bicyclic) bond motifs is 1. The molecule has 5 heteroatoms. The molecule has 118 valence electrons. The van der Waals surface area contributed by atoms with Gasteiger partial charge in [-0.1, -0.05) is 6.07 Å². The Morgan fingerprint density at radius 1 is 1.14 bits per heavy atom. The molecular weight excluding hydrogens is 276 g/mol. The van der Waals surface area contributed by atoms with Crippen molar-refractivity contribution in [2.75, 3.05) is 26.2 Å². The zero-order valence-corrected chi connectivity index (χ0v) is 13.1. The molecule has 2 N–H and O–H groups in total. The predicted octanol–water partition coefficient (Wildman–Crippen LogP) is 1.64. The lowest BCUT2D eigenvalue weighted by Crippen LogP contribution is -2.43. The van der Waals surface area contributed by atoms with Gasteiger partial charge in [-0.2, -0.15) is 0 Å². The van der Waals surface area contributed by atoms with E-state index in [1.54, 1.807) is 0 Å². The average molecular weight is 300 g/mol.